The van der Waals surface area contributed by atoms with Crippen molar-refractivity contribution < 1.29 is 33.0 Å². The number of esters is 1. The highest BCUT2D eigenvalue weighted by Crippen LogP contribution is 2.39. The van der Waals surface area contributed by atoms with Crippen LogP contribution in [0.4, 0.5) is 9.18 Å². The zero-order valence-electron chi connectivity index (χ0n) is 17.8. The molecule has 0 unspecified atom stereocenters. The second-order valence-corrected chi connectivity index (χ2v) is 8.93. The lowest BCUT2D eigenvalue weighted by atomic mass is 10.1. The average Bonchev–Trinajstić information content (AvgIpc) is 3.40. The van der Waals surface area contributed by atoms with Crippen molar-refractivity contribution in [2.75, 3.05) is 6.79 Å². The molecule has 35 heavy (non-hydrogen) atoms. The summed E-state index contributed by atoms with van der Waals surface area (Å²) in [5, 5.41) is -0.0529. The lowest BCUT2D eigenvalue weighted by Gasteiger charge is -2.14. The Hall–Kier alpha value is -3.82. The highest BCUT2D eigenvalue weighted by atomic mass is 35.5. The van der Waals surface area contributed by atoms with Gasteiger partial charge in [0.25, 0.3) is 11.1 Å². The third-order valence-corrected chi connectivity index (χ3v) is 6.47. The van der Waals surface area contributed by atoms with Gasteiger partial charge in [0.05, 0.1) is 17.0 Å². The van der Waals surface area contributed by atoms with E-state index >= 15 is 0 Å². The number of hydrogen-bond acceptors (Lipinski definition) is 7. The average molecular weight is 512 g/mol. The highest BCUT2D eigenvalue weighted by Gasteiger charge is 2.35. The second-order valence-electron chi connectivity index (χ2n) is 7.53. The number of rotatable bonds is 5. The number of halogens is 2. The first-order chi connectivity index (χ1) is 16.9. The predicted octanol–water partition coefficient (Wildman–Crippen LogP) is 5.66. The topological polar surface area (TPSA) is 82.1 Å². The predicted molar refractivity (Wildman–Crippen MR) is 127 cm³/mol. The van der Waals surface area contributed by atoms with Gasteiger partial charge in [0, 0.05) is 11.1 Å². The van der Waals surface area contributed by atoms with Crippen LogP contribution in [-0.2, 0) is 11.3 Å². The quantitative estimate of drug-likeness (QED) is 0.248. The van der Waals surface area contributed by atoms with Crippen LogP contribution in [0.15, 0.2) is 65.6 Å². The van der Waals surface area contributed by atoms with E-state index in [4.69, 9.17) is 25.8 Å². The Morgan fingerprint density at radius 3 is 2.46 bits per heavy atom. The van der Waals surface area contributed by atoms with Crippen molar-refractivity contribution in [3.8, 4) is 17.2 Å². The van der Waals surface area contributed by atoms with Crippen molar-refractivity contribution in [1.29, 1.82) is 0 Å². The van der Waals surface area contributed by atoms with E-state index in [9.17, 15) is 18.8 Å². The SMILES string of the molecule is O=C(Oc1ccc(/C=C2\SC(=O)N(Cc3cc4c(cc3Cl)OCO4)C2=O)cc1)c1ccc(F)cc1. The number of benzene rings is 3. The Labute approximate surface area is 208 Å². The largest absolute Gasteiger partial charge is 0.454 e. The van der Waals surface area contributed by atoms with Gasteiger partial charge in [-0.15, -0.1) is 0 Å². The molecule has 0 bridgehead atoms. The molecular formula is C25H15ClFNO6S. The van der Waals surface area contributed by atoms with Gasteiger partial charge in [-0.25, -0.2) is 9.18 Å². The first kappa shape index (κ1) is 22.9. The Morgan fingerprint density at radius 1 is 1.06 bits per heavy atom. The molecule has 176 valence electrons. The maximum atomic E-state index is 13.0. The van der Waals surface area contributed by atoms with Gasteiger partial charge in [0.2, 0.25) is 6.79 Å². The minimum Gasteiger partial charge on any atom is -0.454 e. The van der Waals surface area contributed by atoms with Crippen LogP contribution in [0.1, 0.15) is 21.5 Å². The third-order valence-electron chi connectivity index (χ3n) is 5.21. The number of ether oxygens (including phenoxy) is 3. The van der Waals surface area contributed by atoms with Crippen molar-refractivity contribution >= 4 is 46.6 Å². The molecule has 0 N–H and O–H groups in total. The second kappa shape index (κ2) is 9.44. The van der Waals surface area contributed by atoms with E-state index in [0.29, 0.717) is 27.6 Å². The molecule has 1 saturated heterocycles. The Morgan fingerprint density at radius 2 is 1.74 bits per heavy atom. The van der Waals surface area contributed by atoms with Gasteiger partial charge >= 0.3 is 5.97 Å². The summed E-state index contributed by atoms with van der Waals surface area (Å²) < 4.78 is 28.9. The number of hydrogen-bond donors (Lipinski definition) is 0. The zero-order chi connectivity index (χ0) is 24.5. The molecular weight excluding hydrogens is 497 g/mol. The number of carbonyl (C=O) groups is 3. The molecule has 5 rings (SSSR count). The van der Waals surface area contributed by atoms with Crippen LogP contribution in [0.5, 0.6) is 17.2 Å². The molecule has 0 aromatic heterocycles. The van der Waals surface area contributed by atoms with Gasteiger partial charge in [-0.1, -0.05) is 23.7 Å². The molecule has 0 spiro atoms. The van der Waals surface area contributed by atoms with Crippen molar-refractivity contribution in [3.05, 3.63) is 93.1 Å². The Balaban J connectivity index is 1.27. The monoisotopic (exact) mass is 511 g/mol. The van der Waals surface area contributed by atoms with E-state index in [-0.39, 0.29) is 29.6 Å². The number of fused-ring (bicyclic) bond motifs is 1. The Kier molecular flexibility index (Phi) is 6.19. The summed E-state index contributed by atoms with van der Waals surface area (Å²) in [7, 11) is 0. The van der Waals surface area contributed by atoms with E-state index in [1.54, 1.807) is 42.5 Å². The number of thioether (sulfide) groups is 1. The van der Waals surface area contributed by atoms with Gasteiger partial charge in [-0.2, -0.15) is 0 Å². The fraction of sp³-hybridized carbons (Fsp3) is 0.0800. The summed E-state index contributed by atoms with van der Waals surface area (Å²) in [5.41, 5.74) is 1.41. The summed E-state index contributed by atoms with van der Waals surface area (Å²) in [6.45, 7) is 0.0828. The smallest absolute Gasteiger partial charge is 0.343 e. The zero-order valence-corrected chi connectivity index (χ0v) is 19.4. The van der Waals surface area contributed by atoms with E-state index in [1.807, 2.05) is 0 Å². The summed E-state index contributed by atoms with van der Waals surface area (Å²) in [4.78, 5) is 38.9. The minimum absolute atomic E-state index is 0.00421. The summed E-state index contributed by atoms with van der Waals surface area (Å²) >= 11 is 7.11. The van der Waals surface area contributed by atoms with Crippen LogP contribution >= 0.6 is 23.4 Å². The maximum absolute atomic E-state index is 13.0. The molecule has 0 aliphatic carbocycles. The number of carbonyl (C=O) groups excluding carboxylic acids is 3. The fourth-order valence-electron chi connectivity index (χ4n) is 3.42. The molecule has 2 heterocycles. The van der Waals surface area contributed by atoms with Crippen LogP contribution in [0.2, 0.25) is 5.02 Å². The van der Waals surface area contributed by atoms with Gasteiger partial charge in [0.1, 0.15) is 11.6 Å². The molecule has 0 radical (unpaired) electrons. The number of imide groups is 1. The minimum atomic E-state index is -0.624. The molecule has 0 atom stereocenters. The van der Waals surface area contributed by atoms with E-state index < -0.39 is 22.9 Å². The van der Waals surface area contributed by atoms with Crippen LogP contribution in [0.3, 0.4) is 0 Å². The van der Waals surface area contributed by atoms with Crippen LogP contribution < -0.4 is 14.2 Å². The molecule has 10 heteroatoms. The van der Waals surface area contributed by atoms with Gasteiger partial charge in [-0.05, 0) is 71.4 Å². The normalized spacial score (nSPS) is 15.7. The van der Waals surface area contributed by atoms with E-state index in [1.165, 1.54) is 24.3 Å². The maximum Gasteiger partial charge on any atom is 0.343 e. The molecule has 2 aliphatic rings. The fourth-order valence-corrected chi connectivity index (χ4v) is 4.47. The van der Waals surface area contributed by atoms with E-state index in [2.05, 4.69) is 0 Å². The lowest BCUT2D eigenvalue weighted by Crippen LogP contribution is -2.27. The molecule has 3 aromatic rings. The van der Waals surface area contributed by atoms with Crippen molar-refractivity contribution in [3.63, 3.8) is 0 Å². The molecule has 7 nitrogen and oxygen atoms in total. The van der Waals surface area contributed by atoms with Crippen molar-refractivity contribution in [1.82, 2.24) is 4.90 Å². The highest BCUT2D eigenvalue weighted by molar-refractivity contribution is 8.18. The van der Waals surface area contributed by atoms with Crippen molar-refractivity contribution in [2.45, 2.75) is 6.54 Å². The van der Waals surface area contributed by atoms with Gasteiger partial charge < -0.3 is 14.2 Å². The lowest BCUT2D eigenvalue weighted by molar-refractivity contribution is -0.123. The first-order valence-corrected chi connectivity index (χ1v) is 11.5. The molecule has 2 aliphatic heterocycles. The van der Waals surface area contributed by atoms with Crippen LogP contribution in [0, 0.1) is 5.82 Å². The number of nitrogens with zero attached hydrogens (tertiary/aromatic N) is 1. The van der Waals surface area contributed by atoms with Crippen molar-refractivity contribution in [2.24, 2.45) is 0 Å². The standard InChI is InChI=1S/C25H15ClFNO6S/c26-19-11-21-20(32-13-33-21)10-16(19)12-28-23(29)22(35-25(28)31)9-14-1-7-18(8-2-14)34-24(30)15-3-5-17(27)6-4-15/h1-11H,12-13H2/b22-9-. The summed E-state index contributed by atoms with van der Waals surface area (Å²) in [5.74, 6) is -0.218. The molecule has 2 amide bonds. The van der Waals surface area contributed by atoms with Crippen LogP contribution in [0.25, 0.3) is 6.08 Å². The van der Waals surface area contributed by atoms with Gasteiger partial charge in [0.15, 0.2) is 11.5 Å². The number of amides is 2. The first-order valence-electron chi connectivity index (χ1n) is 10.3. The van der Waals surface area contributed by atoms with E-state index in [0.717, 1.165) is 16.7 Å². The molecule has 1 fully saturated rings. The Bertz CT molecular complexity index is 1370. The summed E-state index contributed by atoms with van der Waals surface area (Å²) in [6, 6.07) is 14.7. The summed E-state index contributed by atoms with van der Waals surface area (Å²) in [6.07, 6.45) is 1.58. The van der Waals surface area contributed by atoms with Crippen LogP contribution in [-0.4, -0.2) is 28.8 Å². The van der Waals surface area contributed by atoms with Gasteiger partial charge in [-0.3, -0.25) is 14.5 Å². The molecule has 0 saturated carbocycles. The molecule has 3 aromatic carbocycles. The third kappa shape index (κ3) is 4.87.